The van der Waals surface area contributed by atoms with Crippen molar-refractivity contribution < 1.29 is 19.4 Å². The van der Waals surface area contributed by atoms with Gasteiger partial charge in [0.15, 0.2) is 0 Å². The molecule has 0 saturated carbocycles. The van der Waals surface area contributed by atoms with Crippen LogP contribution in [0.2, 0.25) is 0 Å². The van der Waals surface area contributed by atoms with Crippen molar-refractivity contribution in [3.8, 4) is 5.75 Å². The van der Waals surface area contributed by atoms with Gasteiger partial charge < -0.3 is 19.9 Å². The summed E-state index contributed by atoms with van der Waals surface area (Å²) >= 11 is 3.33. The van der Waals surface area contributed by atoms with E-state index in [2.05, 4.69) is 21.2 Å². The average molecular weight is 332 g/mol. The maximum absolute atomic E-state index is 11.9. The number of aliphatic hydroxyl groups excluding tert-OH is 1. The Morgan fingerprint density at radius 3 is 2.89 bits per heavy atom. The van der Waals surface area contributed by atoms with Crippen LogP contribution in [0.3, 0.4) is 0 Å². The first-order chi connectivity index (χ1) is 9.19. The second kappa shape index (κ2) is 8.90. The standard InChI is InChI=1S/C13H18BrNO4/c1-18-12-9-10(14)3-4-11(12)13(17)15-5-2-7-19-8-6-16/h3-4,9,16H,2,5-8H2,1H3,(H,15,17). The summed E-state index contributed by atoms with van der Waals surface area (Å²) in [6.07, 6.45) is 0.699. The Morgan fingerprint density at radius 1 is 1.42 bits per heavy atom. The van der Waals surface area contributed by atoms with Gasteiger partial charge in [-0.15, -0.1) is 0 Å². The number of aliphatic hydroxyl groups is 1. The van der Waals surface area contributed by atoms with Gasteiger partial charge in [0.25, 0.3) is 5.91 Å². The van der Waals surface area contributed by atoms with E-state index in [1.165, 1.54) is 7.11 Å². The smallest absolute Gasteiger partial charge is 0.255 e. The van der Waals surface area contributed by atoms with Crippen molar-refractivity contribution in [3.05, 3.63) is 28.2 Å². The van der Waals surface area contributed by atoms with Crippen LogP contribution in [0.15, 0.2) is 22.7 Å². The molecule has 2 N–H and O–H groups in total. The fourth-order valence-electron chi connectivity index (χ4n) is 1.49. The first-order valence-corrected chi connectivity index (χ1v) is 6.78. The van der Waals surface area contributed by atoms with Crippen LogP contribution >= 0.6 is 15.9 Å². The number of hydrogen-bond donors (Lipinski definition) is 2. The predicted octanol–water partition coefficient (Wildman–Crippen LogP) is 1.59. The molecule has 0 bridgehead atoms. The Morgan fingerprint density at radius 2 is 2.21 bits per heavy atom. The molecule has 0 aliphatic heterocycles. The minimum Gasteiger partial charge on any atom is -0.496 e. The summed E-state index contributed by atoms with van der Waals surface area (Å²) < 4.78 is 11.1. The molecule has 0 fully saturated rings. The highest BCUT2D eigenvalue weighted by atomic mass is 79.9. The molecule has 1 aromatic rings. The van der Waals surface area contributed by atoms with Crippen molar-refractivity contribution in [1.29, 1.82) is 0 Å². The number of hydrogen-bond acceptors (Lipinski definition) is 4. The number of carbonyl (C=O) groups excluding carboxylic acids is 1. The molecule has 0 saturated heterocycles. The predicted molar refractivity (Wildman–Crippen MR) is 75.5 cm³/mol. The van der Waals surface area contributed by atoms with Gasteiger partial charge in [-0.05, 0) is 24.6 Å². The Kier molecular flexibility index (Phi) is 7.47. The summed E-state index contributed by atoms with van der Waals surface area (Å²) in [6.45, 7) is 1.37. The van der Waals surface area contributed by atoms with Crippen LogP contribution < -0.4 is 10.1 Å². The third-order valence-electron chi connectivity index (χ3n) is 2.39. The summed E-state index contributed by atoms with van der Waals surface area (Å²) in [5, 5.41) is 11.3. The summed E-state index contributed by atoms with van der Waals surface area (Å²) in [7, 11) is 1.53. The second-order valence-electron chi connectivity index (χ2n) is 3.79. The average Bonchev–Trinajstić information content (AvgIpc) is 2.42. The molecular formula is C13H18BrNO4. The lowest BCUT2D eigenvalue weighted by atomic mass is 10.2. The van der Waals surface area contributed by atoms with Crippen LogP contribution in [0.4, 0.5) is 0 Å². The summed E-state index contributed by atoms with van der Waals surface area (Å²) in [5.74, 6) is 0.356. The van der Waals surface area contributed by atoms with E-state index in [-0.39, 0.29) is 12.5 Å². The third-order valence-corrected chi connectivity index (χ3v) is 2.89. The van der Waals surface area contributed by atoms with Crippen molar-refractivity contribution in [3.63, 3.8) is 0 Å². The number of nitrogens with one attached hydrogen (secondary N) is 1. The number of ether oxygens (including phenoxy) is 2. The van der Waals surface area contributed by atoms with Crippen LogP contribution in [-0.4, -0.2) is 44.5 Å². The number of benzene rings is 1. The van der Waals surface area contributed by atoms with Crippen molar-refractivity contribution >= 4 is 21.8 Å². The van der Waals surface area contributed by atoms with Gasteiger partial charge in [0.2, 0.25) is 0 Å². The van der Waals surface area contributed by atoms with E-state index >= 15 is 0 Å². The Hall–Kier alpha value is -1.11. The van der Waals surface area contributed by atoms with Crippen molar-refractivity contribution in [2.45, 2.75) is 6.42 Å². The first-order valence-electron chi connectivity index (χ1n) is 5.99. The number of carbonyl (C=O) groups is 1. The molecule has 0 heterocycles. The summed E-state index contributed by atoms with van der Waals surface area (Å²) in [5.41, 5.74) is 0.502. The van der Waals surface area contributed by atoms with Crippen LogP contribution in [0.25, 0.3) is 0 Å². The molecule has 19 heavy (non-hydrogen) atoms. The van der Waals surface area contributed by atoms with Crippen LogP contribution in [0.5, 0.6) is 5.75 Å². The number of amides is 1. The number of rotatable bonds is 8. The number of methoxy groups -OCH3 is 1. The fourth-order valence-corrected chi connectivity index (χ4v) is 1.83. The van der Waals surface area contributed by atoms with Gasteiger partial charge in [0.1, 0.15) is 5.75 Å². The van der Waals surface area contributed by atoms with E-state index in [1.54, 1.807) is 18.2 Å². The Labute approximate surface area is 121 Å². The molecule has 0 radical (unpaired) electrons. The highest BCUT2D eigenvalue weighted by Gasteiger charge is 2.11. The molecule has 5 nitrogen and oxygen atoms in total. The molecule has 0 aliphatic carbocycles. The molecule has 0 atom stereocenters. The molecule has 0 spiro atoms. The zero-order valence-electron chi connectivity index (χ0n) is 10.8. The molecular weight excluding hydrogens is 314 g/mol. The van der Waals surface area contributed by atoms with Crippen LogP contribution in [-0.2, 0) is 4.74 Å². The van der Waals surface area contributed by atoms with Gasteiger partial charge in [-0.25, -0.2) is 0 Å². The van der Waals surface area contributed by atoms with Crippen LogP contribution in [0, 0.1) is 0 Å². The molecule has 1 amide bonds. The third kappa shape index (κ3) is 5.59. The maximum atomic E-state index is 11.9. The lowest BCUT2D eigenvalue weighted by Crippen LogP contribution is -2.25. The van der Waals surface area contributed by atoms with E-state index < -0.39 is 0 Å². The van der Waals surface area contributed by atoms with Crippen LogP contribution in [0.1, 0.15) is 16.8 Å². The lowest BCUT2D eigenvalue weighted by molar-refractivity contribution is 0.0866. The second-order valence-corrected chi connectivity index (χ2v) is 4.71. The highest BCUT2D eigenvalue weighted by Crippen LogP contribution is 2.23. The Bertz CT molecular complexity index is 412. The van der Waals surface area contributed by atoms with E-state index in [9.17, 15) is 4.79 Å². The molecule has 0 aromatic heterocycles. The highest BCUT2D eigenvalue weighted by molar-refractivity contribution is 9.10. The normalized spacial score (nSPS) is 10.3. The molecule has 0 unspecified atom stereocenters. The van der Waals surface area contributed by atoms with Gasteiger partial charge in [0.05, 0.1) is 25.9 Å². The minimum atomic E-state index is -0.175. The van der Waals surface area contributed by atoms with Gasteiger partial charge in [-0.2, -0.15) is 0 Å². The molecule has 6 heteroatoms. The molecule has 1 rings (SSSR count). The zero-order chi connectivity index (χ0) is 14.1. The van der Waals surface area contributed by atoms with Gasteiger partial charge >= 0.3 is 0 Å². The van der Waals surface area contributed by atoms with Gasteiger partial charge in [-0.1, -0.05) is 15.9 Å². The van der Waals surface area contributed by atoms with E-state index in [0.717, 1.165) is 4.47 Å². The van der Waals surface area contributed by atoms with E-state index in [1.807, 2.05) is 0 Å². The van der Waals surface area contributed by atoms with Crippen molar-refractivity contribution in [2.75, 3.05) is 33.5 Å². The Balaban J connectivity index is 2.41. The van der Waals surface area contributed by atoms with Crippen molar-refractivity contribution in [1.82, 2.24) is 5.32 Å². The largest absolute Gasteiger partial charge is 0.496 e. The first kappa shape index (κ1) is 15.9. The number of halogens is 1. The van der Waals surface area contributed by atoms with Gasteiger partial charge in [0, 0.05) is 17.6 Å². The monoisotopic (exact) mass is 331 g/mol. The minimum absolute atomic E-state index is 0.0163. The molecule has 106 valence electrons. The van der Waals surface area contributed by atoms with Gasteiger partial charge in [-0.3, -0.25) is 4.79 Å². The fraction of sp³-hybridized carbons (Fsp3) is 0.462. The molecule has 1 aromatic carbocycles. The quantitative estimate of drug-likeness (QED) is 0.710. The SMILES string of the molecule is COc1cc(Br)ccc1C(=O)NCCCOCCO. The summed E-state index contributed by atoms with van der Waals surface area (Å²) in [6, 6.07) is 5.25. The molecule has 0 aliphatic rings. The zero-order valence-corrected chi connectivity index (χ0v) is 12.4. The van der Waals surface area contributed by atoms with Crippen molar-refractivity contribution in [2.24, 2.45) is 0 Å². The van der Waals surface area contributed by atoms with E-state index in [4.69, 9.17) is 14.6 Å². The lowest BCUT2D eigenvalue weighted by Gasteiger charge is -2.09. The van der Waals surface area contributed by atoms with E-state index in [0.29, 0.717) is 37.5 Å². The summed E-state index contributed by atoms with van der Waals surface area (Å²) in [4.78, 5) is 11.9. The topological polar surface area (TPSA) is 67.8 Å². The maximum Gasteiger partial charge on any atom is 0.255 e.